The highest BCUT2D eigenvalue weighted by Crippen LogP contribution is 2.46. The molecule has 0 amide bonds. The minimum Gasteiger partial charge on any atom is -0.397 e. The smallest absolute Gasteiger partial charge is 0.261 e. The maximum Gasteiger partial charge on any atom is 0.261 e. The van der Waals surface area contributed by atoms with Crippen molar-refractivity contribution >= 4 is 44.0 Å². The second-order valence-corrected chi connectivity index (χ2v) is 9.22. The maximum absolute atomic E-state index is 12.7. The standard InChI is InChI=1S/C21H22N6OS/c1-26-7-8-27(21(11-26)5-6-21)12-2-3-13-15(10-12)24-19(23-13)16-17(22)18-14(4-9-29-18)25-20(16)28/h2-4,9-10H,5-8,11H2,1H3,(H,23,24)(H3,22,25,28). The van der Waals surface area contributed by atoms with Gasteiger partial charge in [-0.25, -0.2) is 4.98 Å². The van der Waals surface area contributed by atoms with Crippen LogP contribution in [0.4, 0.5) is 11.4 Å². The number of benzene rings is 1. The number of H-pyrrole nitrogens is 2. The molecule has 1 aliphatic carbocycles. The van der Waals surface area contributed by atoms with Crippen LogP contribution in [0.3, 0.4) is 0 Å². The molecule has 148 valence electrons. The normalized spacial score (nSPS) is 18.9. The SMILES string of the molecule is CN1CCN(c2ccc3nc(-c4c(N)c5sccc5[nH]c4=O)[nH]c3c2)C2(CC2)C1. The largest absolute Gasteiger partial charge is 0.397 e. The molecule has 2 fully saturated rings. The van der Waals surface area contributed by atoms with Gasteiger partial charge in [-0.05, 0) is 49.5 Å². The minimum atomic E-state index is -0.219. The van der Waals surface area contributed by atoms with Gasteiger partial charge in [0.2, 0.25) is 0 Å². The van der Waals surface area contributed by atoms with E-state index in [2.05, 4.69) is 43.9 Å². The van der Waals surface area contributed by atoms with Crippen molar-refractivity contribution in [3.8, 4) is 11.4 Å². The molecule has 4 heterocycles. The van der Waals surface area contributed by atoms with E-state index in [-0.39, 0.29) is 11.1 Å². The van der Waals surface area contributed by atoms with E-state index in [4.69, 9.17) is 5.73 Å². The Labute approximate surface area is 171 Å². The van der Waals surface area contributed by atoms with Gasteiger partial charge >= 0.3 is 0 Å². The van der Waals surface area contributed by atoms with E-state index in [1.807, 2.05) is 17.5 Å². The Bertz CT molecular complexity index is 1310. The fourth-order valence-corrected chi connectivity index (χ4v) is 5.52. The zero-order valence-electron chi connectivity index (χ0n) is 16.2. The molecule has 1 aromatic carbocycles. The quantitative estimate of drug-likeness (QED) is 0.476. The number of nitrogen functional groups attached to an aromatic ring is 1. The van der Waals surface area contributed by atoms with Gasteiger partial charge < -0.3 is 25.5 Å². The average Bonchev–Trinajstić information content (AvgIpc) is 3.12. The molecule has 1 aliphatic heterocycles. The maximum atomic E-state index is 12.7. The van der Waals surface area contributed by atoms with Crippen LogP contribution in [-0.2, 0) is 0 Å². The van der Waals surface area contributed by atoms with Gasteiger partial charge in [0.05, 0.1) is 32.5 Å². The van der Waals surface area contributed by atoms with Crippen LogP contribution in [0.15, 0.2) is 34.4 Å². The average molecular weight is 407 g/mol. The number of fused-ring (bicyclic) bond motifs is 2. The number of likely N-dealkylation sites (N-methyl/N-ethyl adjacent to an activating group) is 1. The molecule has 7 nitrogen and oxygen atoms in total. The molecule has 1 saturated heterocycles. The van der Waals surface area contributed by atoms with E-state index >= 15 is 0 Å². The molecule has 29 heavy (non-hydrogen) atoms. The van der Waals surface area contributed by atoms with Crippen molar-refractivity contribution in [1.82, 2.24) is 19.9 Å². The number of imidazole rings is 1. The molecular formula is C21H22N6OS. The summed E-state index contributed by atoms with van der Waals surface area (Å²) in [5.41, 5.74) is 11.1. The second-order valence-electron chi connectivity index (χ2n) is 8.31. The molecule has 4 N–H and O–H groups in total. The van der Waals surface area contributed by atoms with Crippen LogP contribution in [-0.4, -0.2) is 52.1 Å². The summed E-state index contributed by atoms with van der Waals surface area (Å²) in [6.45, 7) is 3.22. The third-order valence-electron chi connectivity index (χ3n) is 6.34. The minimum absolute atomic E-state index is 0.219. The van der Waals surface area contributed by atoms with Gasteiger partial charge in [-0.15, -0.1) is 11.3 Å². The highest BCUT2D eigenvalue weighted by atomic mass is 32.1. The number of hydrogen-bond donors (Lipinski definition) is 3. The van der Waals surface area contributed by atoms with Crippen LogP contribution in [0.5, 0.6) is 0 Å². The number of aromatic nitrogens is 3. The zero-order chi connectivity index (χ0) is 19.8. The van der Waals surface area contributed by atoms with Crippen molar-refractivity contribution in [1.29, 1.82) is 0 Å². The van der Waals surface area contributed by atoms with Gasteiger partial charge in [0.25, 0.3) is 5.56 Å². The number of nitrogens with zero attached hydrogens (tertiary/aromatic N) is 3. The number of anilines is 2. The zero-order valence-corrected chi connectivity index (χ0v) is 17.0. The van der Waals surface area contributed by atoms with Gasteiger partial charge in [0, 0.05) is 25.3 Å². The lowest BCUT2D eigenvalue weighted by Crippen LogP contribution is -2.53. The molecule has 1 saturated carbocycles. The number of nitrogens with two attached hydrogens (primary N) is 1. The van der Waals surface area contributed by atoms with Crippen molar-refractivity contribution in [3.63, 3.8) is 0 Å². The van der Waals surface area contributed by atoms with Crippen LogP contribution in [0.25, 0.3) is 32.6 Å². The first-order valence-corrected chi connectivity index (χ1v) is 10.8. The Hall–Kier alpha value is -2.84. The molecule has 6 rings (SSSR count). The Morgan fingerprint density at radius 2 is 2.03 bits per heavy atom. The number of pyridine rings is 1. The molecule has 3 aromatic heterocycles. The van der Waals surface area contributed by atoms with Crippen LogP contribution < -0.4 is 16.2 Å². The summed E-state index contributed by atoms with van der Waals surface area (Å²) in [6, 6.07) is 8.21. The van der Waals surface area contributed by atoms with Gasteiger partial charge in [-0.1, -0.05) is 0 Å². The predicted molar refractivity (Wildman–Crippen MR) is 119 cm³/mol. The van der Waals surface area contributed by atoms with Crippen molar-refractivity contribution in [2.24, 2.45) is 0 Å². The van der Waals surface area contributed by atoms with E-state index in [9.17, 15) is 4.79 Å². The van der Waals surface area contributed by atoms with E-state index in [0.717, 1.165) is 40.9 Å². The Morgan fingerprint density at radius 3 is 2.86 bits per heavy atom. The number of nitrogens with one attached hydrogen (secondary N) is 2. The summed E-state index contributed by atoms with van der Waals surface area (Å²) in [5, 5.41) is 1.93. The lowest BCUT2D eigenvalue weighted by molar-refractivity contribution is 0.257. The summed E-state index contributed by atoms with van der Waals surface area (Å²) >= 11 is 1.52. The van der Waals surface area contributed by atoms with Crippen LogP contribution in [0.1, 0.15) is 12.8 Å². The van der Waals surface area contributed by atoms with Crippen molar-refractivity contribution in [2.75, 3.05) is 37.3 Å². The first-order valence-electron chi connectivity index (χ1n) is 9.89. The third kappa shape index (κ3) is 2.52. The molecule has 4 aromatic rings. The fraction of sp³-hybridized carbons (Fsp3) is 0.333. The first kappa shape index (κ1) is 17.1. The molecule has 1 spiro atoms. The summed E-state index contributed by atoms with van der Waals surface area (Å²) < 4.78 is 0.883. The first-order chi connectivity index (χ1) is 14.0. The summed E-state index contributed by atoms with van der Waals surface area (Å²) in [6.07, 6.45) is 2.49. The molecule has 0 atom stereocenters. The molecule has 0 radical (unpaired) electrons. The Kier molecular flexibility index (Phi) is 3.43. The Balaban J connectivity index is 1.44. The number of rotatable bonds is 2. The summed E-state index contributed by atoms with van der Waals surface area (Å²) in [7, 11) is 2.20. The highest BCUT2D eigenvalue weighted by Gasteiger charge is 2.50. The molecule has 0 bridgehead atoms. The number of piperazine rings is 1. The van der Waals surface area contributed by atoms with E-state index in [0.29, 0.717) is 17.1 Å². The van der Waals surface area contributed by atoms with Gasteiger partial charge in [0.1, 0.15) is 11.4 Å². The molecule has 2 aliphatic rings. The van der Waals surface area contributed by atoms with Crippen LogP contribution in [0.2, 0.25) is 0 Å². The topological polar surface area (TPSA) is 94.0 Å². The molecular weight excluding hydrogens is 384 g/mol. The monoisotopic (exact) mass is 406 g/mol. The van der Waals surface area contributed by atoms with Gasteiger partial charge in [-0.3, -0.25) is 4.79 Å². The molecule has 8 heteroatoms. The van der Waals surface area contributed by atoms with Crippen LogP contribution >= 0.6 is 11.3 Å². The second kappa shape index (κ2) is 5.84. The van der Waals surface area contributed by atoms with Crippen molar-refractivity contribution in [3.05, 3.63) is 40.0 Å². The highest BCUT2D eigenvalue weighted by molar-refractivity contribution is 7.17. The number of hydrogen-bond acceptors (Lipinski definition) is 6. The lowest BCUT2D eigenvalue weighted by atomic mass is 10.1. The van der Waals surface area contributed by atoms with Crippen LogP contribution in [0, 0.1) is 0 Å². The lowest BCUT2D eigenvalue weighted by Gasteiger charge is -2.42. The van der Waals surface area contributed by atoms with E-state index < -0.39 is 0 Å². The third-order valence-corrected chi connectivity index (χ3v) is 7.29. The fourth-order valence-electron chi connectivity index (χ4n) is 4.71. The predicted octanol–water partition coefficient (Wildman–Crippen LogP) is 3.00. The Morgan fingerprint density at radius 1 is 1.17 bits per heavy atom. The van der Waals surface area contributed by atoms with Crippen molar-refractivity contribution in [2.45, 2.75) is 18.4 Å². The van der Waals surface area contributed by atoms with Gasteiger partial charge in [-0.2, -0.15) is 0 Å². The summed E-state index contributed by atoms with van der Waals surface area (Å²) in [4.78, 5) is 28.6. The van der Waals surface area contributed by atoms with Gasteiger partial charge in [0.15, 0.2) is 0 Å². The summed E-state index contributed by atoms with van der Waals surface area (Å²) in [5.74, 6) is 0.519. The van der Waals surface area contributed by atoms with E-state index in [1.54, 1.807) is 0 Å². The number of thiophene rings is 1. The van der Waals surface area contributed by atoms with E-state index in [1.165, 1.54) is 29.9 Å². The van der Waals surface area contributed by atoms with Crippen molar-refractivity contribution < 1.29 is 0 Å². The number of aromatic amines is 2. The molecule has 0 unspecified atom stereocenters.